The predicted molar refractivity (Wildman–Crippen MR) is 110 cm³/mol. The van der Waals surface area contributed by atoms with Gasteiger partial charge in [0.1, 0.15) is 5.75 Å². The third kappa shape index (κ3) is 4.42. The fourth-order valence-corrected chi connectivity index (χ4v) is 4.23. The molecule has 6 nitrogen and oxygen atoms in total. The Morgan fingerprint density at radius 1 is 1.29 bits per heavy atom. The van der Waals surface area contributed by atoms with Crippen LogP contribution in [-0.2, 0) is 14.8 Å². The van der Waals surface area contributed by atoms with Crippen LogP contribution in [-0.4, -0.2) is 33.2 Å². The van der Waals surface area contributed by atoms with E-state index in [-0.39, 0.29) is 18.5 Å². The zero-order valence-corrected chi connectivity index (χ0v) is 17.5. The van der Waals surface area contributed by atoms with Crippen molar-refractivity contribution in [2.75, 3.05) is 17.1 Å². The molecule has 0 radical (unpaired) electrons. The zero-order valence-electron chi connectivity index (χ0n) is 16.0. The minimum atomic E-state index is -3.60. The number of rotatable bonds is 5. The smallest absolute Gasteiger partial charge is 0.263 e. The van der Waals surface area contributed by atoms with Gasteiger partial charge in [-0.25, -0.2) is 8.42 Å². The van der Waals surface area contributed by atoms with Gasteiger partial charge >= 0.3 is 0 Å². The second kappa shape index (κ2) is 8.01. The molecule has 1 heterocycles. The first-order valence-corrected chi connectivity index (χ1v) is 11.2. The van der Waals surface area contributed by atoms with E-state index >= 15 is 0 Å². The molecule has 2 aromatic rings. The first kappa shape index (κ1) is 20.5. The lowest BCUT2D eigenvalue weighted by atomic mass is 10.0. The Labute approximate surface area is 170 Å². The van der Waals surface area contributed by atoms with Crippen LogP contribution in [0.3, 0.4) is 0 Å². The van der Waals surface area contributed by atoms with Gasteiger partial charge in [0.15, 0.2) is 6.10 Å². The third-order valence-electron chi connectivity index (χ3n) is 4.69. The summed E-state index contributed by atoms with van der Waals surface area (Å²) in [7, 11) is -3.60. The number of hydrogen-bond acceptors (Lipinski definition) is 4. The molecule has 0 aliphatic carbocycles. The third-order valence-corrected chi connectivity index (χ3v) is 6.07. The Morgan fingerprint density at radius 3 is 2.57 bits per heavy atom. The minimum Gasteiger partial charge on any atom is -0.476 e. The van der Waals surface area contributed by atoms with Gasteiger partial charge in [-0.2, -0.15) is 0 Å². The van der Waals surface area contributed by atoms with E-state index in [0.29, 0.717) is 22.9 Å². The van der Waals surface area contributed by atoms with Crippen molar-refractivity contribution in [1.82, 2.24) is 5.32 Å². The lowest BCUT2D eigenvalue weighted by molar-refractivity contribution is -0.128. The molecule has 0 bridgehead atoms. The summed E-state index contributed by atoms with van der Waals surface area (Å²) in [6.45, 7) is 3.87. The van der Waals surface area contributed by atoms with E-state index in [1.54, 1.807) is 12.1 Å². The molecule has 0 unspecified atom stereocenters. The van der Waals surface area contributed by atoms with Crippen LogP contribution in [0.15, 0.2) is 42.5 Å². The van der Waals surface area contributed by atoms with Crippen LogP contribution in [0.5, 0.6) is 5.75 Å². The molecule has 2 aromatic carbocycles. The van der Waals surface area contributed by atoms with E-state index in [9.17, 15) is 13.2 Å². The number of aryl methyl sites for hydroxylation is 1. The fourth-order valence-electron chi connectivity index (χ4n) is 3.16. The second-order valence-electron chi connectivity index (χ2n) is 6.89. The van der Waals surface area contributed by atoms with Gasteiger partial charge in [-0.15, -0.1) is 0 Å². The lowest BCUT2D eigenvalue weighted by Crippen LogP contribution is -2.51. The summed E-state index contributed by atoms with van der Waals surface area (Å²) in [5.74, 6) is -0.0497. The average Bonchev–Trinajstić information content (AvgIpc) is 2.65. The maximum absolute atomic E-state index is 12.9. The molecule has 0 saturated carbocycles. The van der Waals surface area contributed by atoms with Crippen molar-refractivity contribution in [2.45, 2.75) is 32.4 Å². The second-order valence-corrected chi connectivity index (χ2v) is 9.24. The fraction of sp³-hybridized carbons (Fsp3) is 0.350. The minimum absolute atomic E-state index is 0.109. The molecule has 1 amide bonds. The molecule has 0 aromatic heterocycles. The highest BCUT2D eigenvalue weighted by Gasteiger charge is 2.35. The molecule has 150 valence electrons. The number of carbonyl (C=O) groups excluding carboxylic acids is 1. The van der Waals surface area contributed by atoms with E-state index in [0.717, 1.165) is 21.7 Å². The van der Waals surface area contributed by atoms with Crippen molar-refractivity contribution in [2.24, 2.45) is 0 Å². The first-order chi connectivity index (χ1) is 13.2. The van der Waals surface area contributed by atoms with Gasteiger partial charge in [0, 0.05) is 5.02 Å². The predicted octanol–water partition coefficient (Wildman–Crippen LogP) is 3.44. The van der Waals surface area contributed by atoms with E-state index in [2.05, 4.69) is 5.32 Å². The molecule has 1 N–H and O–H groups in total. The molecular formula is C20H23ClN2O4S. The van der Waals surface area contributed by atoms with Crippen LogP contribution < -0.4 is 14.4 Å². The number of amides is 1. The van der Waals surface area contributed by atoms with Gasteiger partial charge in [-0.05, 0) is 37.1 Å². The largest absolute Gasteiger partial charge is 0.476 e. The molecular weight excluding hydrogens is 400 g/mol. The maximum Gasteiger partial charge on any atom is 0.263 e. The lowest BCUT2D eigenvalue weighted by Gasteiger charge is -2.34. The maximum atomic E-state index is 12.9. The highest BCUT2D eigenvalue weighted by atomic mass is 35.5. The van der Waals surface area contributed by atoms with Crippen LogP contribution in [0, 0.1) is 6.92 Å². The van der Waals surface area contributed by atoms with Crippen molar-refractivity contribution in [3.8, 4) is 5.75 Å². The number of fused-ring (bicyclic) bond motifs is 1. The molecule has 0 saturated heterocycles. The Morgan fingerprint density at radius 2 is 1.96 bits per heavy atom. The number of hydrogen-bond donors (Lipinski definition) is 1. The number of ether oxygens (including phenoxy) is 1. The van der Waals surface area contributed by atoms with Gasteiger partial charge in [0.05, 0.1) is 24.5 Å². The number of benzene rings is 2. The van der Waals surface area contributed by atoms with Crippen LogP contribution in [0.2, 0.25) is 5.02 Å². The van der Waals surface area contributed by atoms with Crippen LogP contribution in [0.1, 0.15) is 30.5 Å². The summed E-state index contributed by atoms with van der Waals surface area (Å²) in [4.78, 5) is 12.9. The van der Waals surface area contributed by atoms with Crippen molar-refractivity contribution < 1.29 is 17.9 Å². The van der Waals surface area contributed by atoms with Crippen LogP contribution >= 0.6 is 11.6 Å². The van der Waals surface area contributed by atoms with E-state index in [1.165, 1.54) is 6.07 Å². The summed E-state index contributed by atoms with van der Waals surface area (Å²) in [5.41, 5.74) is 2.47. The Bertz CT molecular complexity index is 976. The standard InChI is InChI=1S/C20H23ClN2O4S/c1-4-16(14-7-5-13(2)6-8-14)22-20(24)19-12-23(28(3,25)26)17-11-15(21)9-10-18(17)27-19/h5-11,16,19H,4,12H2,1-3H3,(H,22,24)/t16-,19+/m1/s1. The van der Waals surface area contributed by atoms with Crippen molar-refractivity contribution in [3.05, 3.63) is 58.6 Å². The molecule has 3 rings (SSSR count). The van der Waals surface area contributed by atoms with Crippen molar-refractivity contribution in [1.29, 1.82) is 0 Å². The molecule has 8 heteroatoms. The Balaban J connectivity index is 1.84. The monoisotopic (exact) mass is 422 g/mol. The van der Waals surface area contributed by atoms with Crippen molar-refractivity contribution >= 4 is 33.2 Å². The summed E-state index contributed by atoms with van der Waals surface area (Å²) in [5, 5.41) is 3.37. The van der Waals surface area contributed by atoms with Crippen LogP contribution in [0.4, 0.5) is 5.69 Å². The van der Waals surface area contributed by atoms with E-state index in [4.69, 9.17) is 16.3 Å². The van der Waals surface area contributed by atoms with Gasteiger partial charge in [-0.1, -0.05) is 48.4 Å². The topological polar surface area (TPSA) is 75.7 Å². The van der Waals surface area contributed by atoms with Gasteiger partial charge in [0.25, 0.3) is 5.91 Å². The molecule has 1 aliphatic heterocycles. The van der Waals surface area contributed by atoms with Gasteiger partial charge < -0.3 is 10.1 Å². The van der Waals surface area contributed by atoms with Crippen LogP contribution in [0.25, 0.3) is 0 Å². The highest BCUT2D eigenvalue weighted by Crippen LogP contribution is 2.37. The summed E-state index contributed by atoms with van der Waals surface area (Å²) in [6, 6.07) is 12.5. The molecule has 0 spiro atoms. The number of sulfonamides is 1. The number of carbonyl (C=O) groups is 1. The van der Waals surface area contributed by atoms with E-state index in [1.807, 2.05) is 38.1 Å². The summed E-state index contributed by atoms with van der Waals surface area (Å²) >= 11 is 6.00. The molecule has 28 heavy (non-hydrogen) atoms. The van der Waals surface area contributed by atoms with E-state index < -0.39 is 16.1 Å². The van der Waals surface area contributed by atoms with Gasteiger partial charge in [-0.3, -0.25) is 9.10 Å². The highest BCUT2D eigenvalue weighted by molar-refractivity contribution is 7.92. The zero-order chi connectivity index (χ0) is 20.5. The van der Waals surface area contributed by atoms with Gasteiger partial charge in [0.2, 0.25) is 10.0 Å². The molecule has 1 aliphatic rings. The number of halogens is 1. The number of nitrogens with one attached hydrogen (secondary N) is 1. The summed E-state index contributed by atoms with van der Waals surface area (Å²) in [6.07, 6.45) is 0.839. The summed E-state index contributed by atoms with van der Waals surface area (Å²) < 4.78 is 31.5. The first-order valence-electron chi connectivity index (χ1n) is 9.00. The normalized spacial score (nSPS) is 17.4. The number of anilines is 1. The van der Waals surface area contributed by atoms with Crippen molar-refractivity contribution in [3.63, 3.8) is 0 Å². The Hall–Kier alpha value is -2.25. The Kier molecular flexibility index (Phi) is 5.86. The average molecular weight is 423 g/mol. The number of nitrogens with zero attached hydrogens (tertiary/aromatic N) is 1. The molecule has 2 atom stereocenters. The molecule has 0 fully saturated rings. The SMILES string of the molecule is CC[C@@H](NC(=O)[C@@H]1CN(S(C)(=O)=O)c2cc(Cl)ccc2O1)c1ccc(C)cc1. The quantitative estimate of drug-likeness (QED) is 0.800.